The van der Waals surface area contributed by atoms with Gasteiger partial charge in [0.1, 0.15) is 0 Å². The Morgan fingerprint density at radius 3 is 2.64 bits per heavy atom. The molecule has 2 N–H and O–H groups in total. The first-order valence-corrected chi connectivity index (χ1v) is 9.96. The highest BCUT2D eigenvalue weighted by atomic mass is 16.3. The van der Waals surface area contributed by atoms with Crippen LogP contribution in [0.15, 0.2) is 48.8 Å². The Hall–Kier alpha value is -2.50. The second kappa shape index (κ2) is 7.15. The third-order valence-corrected chi connectivity index (χ3v) is 5.78. The van der Waals surface area contributed by atoms with E-state index in [1.807, 2.05) is 23.0 Å². The van der Waals surface area contributed by atoms with Gasteiger partial charge in [-0.15, -0.1) is 0 Å². The van der Waals surface area contributed by atoms with Gasteiger partial charge in [0.25, 0.3) is 0 Å². The predicted octanol–water partition coefficient (Wildman–Crippen LogP) is 3.36. The van der Waals surface area contributed by atoms with Gasteiger partial charge >= 0.3 is 0 Å². The van der Waals surface area contributed by atoms with Crippen LogP contribution >= 0.6 is 0 Å². The van der Waals surface area contributed by atoms with Crippen molar-refractivity contribution in [2.45, 2.75) is 44.6 Å². The van der Waals surface area contributed by atoms with Gasteiger partial charge in [-0.25, -0.2) is 9.50 Å². The molecule has 1 fully saturated rings. The van der Waals surface area contributed by atoms with Crippen molar-refractivity contribution in [2.75, 3.05) is 13.1 Å². The number of hydrogen-bond acceptors (Lipinski definition) is 4. The minimum absolute atomic E-state index is 0.198. The lowest BCUT2D eigenvalue weighted by Crippen LogP contribution is -2.59. The molecule has 1 saturated heterocycles. The van der Waals surface area contributed by atoms with Crippen LogP contribution < -0.4 is 5.32 Å². The molecule has 5 nitrogen and oxygen atoms in total. The van der Waals surface area contributed by atoms with Gasteiger partial charge in [-0.2, -0.15) is 5.10 Å². The fourth-order valence-corrected chi connectivity index (χ4v) is 3.95. The summed E-state index contributed by atoms with van der Waals surface area (Å²) in [5.74, 6) is 0. The van der Waals surface area contributed by atoms with Crippen molar-refractivity contribution in [1.82, 2.24) is 19.9 Å². The molecular weight excluding hydrogens is 348 g/mol. The number of benzene rings is 1. The highest BCUT2D eigenvalue weighted by Crippen LogP contribution is 2.36. The minimum atomic E-state index is -0.564. The Bertz CT molecular complexity index is 997. The molecular formula is C23H28N4O. The van der Waals surface area contributed by atoms with Crippen LogP contribution in [-0.2, 0) is 11.8 Å². The minimum Gasteiger partial charge on any atom is -0.387 e. The molecule has 0 saturated carbocycles. The molecule has 0 bridgehead atoms. The van der Waals surface area contributed by atoms with Gasteiger partial charge in [-0.1, -0.05) is 57.2 Å². The van der Waals surface area contributed by atoms with E-state index in [2.05, 4.69) is 67.5 Å². The number of β-amino-alcohol motifs (C(OH)–C–C–N with tert-alkyl or cyclic N) is 1. The predicted molar refractivity (Wildman–Crippen MR) is 112 cm³/mol. The summed E-state index contributed by atoms with van der Waals surface area (Å²) in [6.07, 6.45) is 9.49. The van der Waals surface area contributed by atoms with E-state index in [1.54, 1.807) is 0 Å². The van der Waals surface area contributed by atoms with Gasteiger partial charge in [-0.3, -0.25) is 0 Å². The molecule has 3 aromatic rings. The lowest BCUT2D eigenvalue weighted by molar-refractivity contribution is -0.00644. The Kier molecular flexibility index (Phi) is 4.81. The summed E-state index contributed by atoms with van der Waals surface area (Å²) in [6, 6.07) is 10.6. The Balaban J connectivity index is 1.60. The monoisotopic (exact) mass is 376 g/mol. The third kappa shape index (κ3) is 3.36. The highest BCUT2D eigenvalue weighted by Gasteiger charge is 2.32. The number of hydrogen-bond donors (Lipinski definition) is 2. The second-order valence-corrected chi connectivity index (χ2v) is 8.24. The quantitative estimate of drug-likeness (QED) is 0.693. The SMILES string of the molecule is CCc1nn2cccnc2c1C(C)(C)c1ccc(C=CCC2(O)CNC2)cc1. The van der Waals surface area contributed by atoms with E-state index in [9.17, 15) is 5.11 Å². The van der Waals surface area contributed by atoms with Crippen LogP contribution in [0.5, 0.6) is 0 Å². The molecule has 0 atom stereocenters. The van der Waals surface area contributed by atoms with Crippen molar-refractivity contribution in [3.8, 4) is 0 Å². The van der Waals surface area contributed by atoms with Crippen LogP contribution in [-0.4, -0.2) is 38.4 Å². The van der Waals surface area contributed by atoms with E-state index in [0.29, 0.717) is 19.5 Å². The Labute approximate surface area is 166 Å². The summed E-state index contributed by atoms with van der Waals surface area (Å²) in [7, 11) is 0. The number of aliphatic hydroxyl groups is 1. The lowest BCUT2D eigenvalue weighted by Gasteiger charge is -2.36. The standard InChI is InChI=1S/C23H28N4O/c1-4-19-20(21-25-13-6-14-27(21)26-19)22(2,3)18-10-8-17(9-11-18)7-5-12-23(28)15-24-16-23/h5-11,13-14,24,28H,4,12,15-16H2,1-3H3. The fourth-order valence-electron chi connectivity index (χ4n) is 3.95. The molecule has 28 heavy (non-hydrogen) atoms. The van der Waals surface area contributed by atoms with E-state index in [-0.39, 0.29) is 5.41 Å². The first-order valence-electron chi connectivity index (χ1n) is 9.96. The molecule has 4 rings (SSSR count). The fraction of sp³-hybridized carbons (Fsp3) is 0.391. The summed E-state index contributed by atoms with van der Waals surface area (Å²) in [5.41, 5.74) is 4.83. The summed E-state index contributed by atoms with van der Waals surface area (Å²) in [5, 5.41) is 18.0. The topological polar surface area (TPSA) is 62.5 Å². The number of nitrogens with one attached hydrogen (secondary N) is 1. The molecule has 1 aliphatic rings. The molecule has 5 heteroatoms. The number of rotatable bonds is 6. The molecule has 2 aromatic heterocycles. The van der Waals surface area contributed by atoms with Gasteiger partial charge in [0.15, 0.2) is 5.65 Å². The van der Waals surface area contributed by atoms with E-state index in [4.69, 9.17) is 5.10 Å². The largest absolute Gasteiger partial charge is 0.387 e. The molecule has 1 aliphatic heterocycles. The smallest absolute Gasteiger partial charge is 0.159 e. The zero-order chi connectivity index (χ0) is 19.8. The zero-order valence-corrected chi connectivity index (χ0v) is 16.8. The normalized spacial score (nSPS) is 16.6. The summed E-state index contributed by atoms with van der Waals surface area (Å²) < 4.78 is 1.88. The lowest BCUT2D eigenvalue weighted by atomic mass is 9.77. The summed E-state index contributed by atoms with van der Waals surface area (Å²) >= 11 is 0. The van der Waals surface area contributed by atoms with E-state index >= 15 is 0 Å². The van der Waals surface area contributed by atoms with E-state index < -0.39 is 5.60 Å². The van der Waals surface area contributed by atoms with Gasteiger partial charge in [0.05, 0.1) is 11.3 Å². The number of aryl methyl sites for hydroxylation is 1. The van der Waals surface area contributed by atoms with Crippen LogP contribution in [0, 0.1) is 0 Å². The Morgan fingerprint density at radius 1 is 1.25 bits per heavy atom. The van der Waals surface area contributed by atoms with Crippen LogP contribution in [0.4, 0.5) is 0 Å². The zero-order valence-electron chi connectivity index (χ0n) is 16.8. The maximum atomic E-state index is 10.2. The number of nitrogens with zero attached hydrogens (tertiary/aromatic N) is 3. The van der Waals surface area contributed by atoms with Crippen molar-refractivity contribution >= 4 is 11.7 Å². The molecule has 0 radical (unpaired) electrons. The van der Waals surface area contributed by atoms with Crippen molar-refractivity contribution < 1.29 is 5.11 Å². The maximum absolute atomic E-state index is 10.2. The summed E-state index contributed by atoms with van der Waals surface area (Å²) in [4.78, 5) is 4.60. The molecule has 0 spiro atoms. The number of aromatic nitrogens is 3. The molecule has 0 unspecified atom stereocenters. The average Bonchev–Trinajstić information content (AvgIpc) is 3.06. The van der Waals surface area contributed by atoms with Crippen LogP contribution in [0.2, 0.25) is 0 Å². The first kappa shape index (κ1) is 18.8. The summed E-state index contributed by atoms with van der Waals surface area (Å²) in [6.45, 7) is 7.97. The molecule has 0 amide bonds. The molecule has 1 aromatic carbocycles. The van der Waals surface area contributed by atoms with Gasteiger partial charge in [0, 0.05) is 36.5 Å². The maximum Gasteiger partial charge on any atom is 0.159 e. The van der Waals surface area contributed by atoms with E-state index in [0.717, 1.165) is 23.3 Å². The van der Waals surface area contributed by atoms with E-state index in [1.165, 1.54) is 11.1 Å². The first-order chi connectivity index (χ1) is 13.4. The van der Waals surface area contributed by atoms with Gasteiger partial charge in [-0.05, 0) is 30.0 Å². The second-order valence-electron chi connectivity index (χ2n) is 8.24. The van der Waals surface area contributed by atoms with Crippen molar-refractivity contribution in [2.24, 2.45) is 0 Å². The molecule has 146 valence electrons. The van der Waals surface area contributed by atoms with Crippen molar-refractivity contribution in [1.29, 1.82) is 0 Å². The average molecular weight is 377 g/mol. The van der Waals surface area contributed by atoms with Crippen LogP contribution in [0.1, 0.15) is 49.6 Å². The van der Waals surface area contributed by atoms with Crippen LogP contribution in [0.3, 0.4) is 0 Å². The molecule has 0 aliphatic carbocycles. The Morgan fingerprint density at radius 2 is 2.00 bits per heavy atom. The van der Waals surface area contributed by atoms with Crippen LogP contribution in [0.25, 0.3) is 11.7 Å². The molecule has 3 heterocycles. The highest BCUT2D eigenvalue weighted by molar-refractivity contribution is 5.59. The van der Waals surface area contributed by atoms with Gasteiger partial charge in [0.2, 0.25) is 0 Å². The van der Waals surface area contributed by atoms with Gasteiger partial charge < -0.3 is 10.4 Å². The van der Waals surface area contributed by atoms with Crippen molar-refractivity contribution in [3.63, 3.8) is 0 Å². The third-order valence-electron chi connectivity index (χ3n) is 5.78. The number of fused-ring (bicyclic) bond motifs is 1. The van der Waals surface area contributed by atoms with Crippen molar-refractivity contribution in [3.05, 3.63) is 71.2 Å².